The summed E-state index contributed by atoms with van der Waals surface area (Å²) in [5.74, 6) is 0.675. The van der Waals surface area contributed by atoms with E-state index in [2.05, 4.69) is 15.9 Å². The van der Waals surface area contributed by atoms with Gasteiger partial charge in [0.2, 0.25) is 0 Å². The molecule has 0 spiro atoms. The van der Waals surface area contributed by atoms with Crippen LogP contribution < -0.4 is 9.64 Å². The van der Waals surface area contributed by atoms with Crippen LogP contribution in [0.5, 0.6) is 5.75 Å². The third-order valence-electron chi connectivity index (χ3n) is 4.44. The Morgan fingerprint density at radius 3 is 2.63 bits per heavy atom. The third kappa shape index (κ3) is 4.41. The largest absolute Gasteiger partial charge is 0.495 e. The molecule has 0 radical (unpaired) electrons. The maximum Gasteiger partial charge on any atom is 0.415 e. The van der Waals surface area contributed by atoms with Crippen molar-refractivity contribution < 1.29 is 14.3 Å². The van der Waals surface area contributed by atoms with Crippen molar-refractivity contribution in [1.29, 1.82) is 0 Å². The van der Waals surface area contributed by atoms with Gasteiger partial charge in [0, 0.05) is 11.1 Å². The minimum Gasteiger partial charge on any atom is -0.495 e. The average Bonchev–Trinajstić information content (AvgIpc) is 2.58. The Bertz CT molecular complexity index is 863. The fourth-order valence-corrected chi connectivity index (χ4v) is 4.07. The molecule has 1 heterocycles. The lowest BCUT2D eigenvalue weighted by Crippen LogP contribution is -2.42. The van der Waals surface area contributed by atoms with Crippen LogP contribution in [0.2, 0.25) is 5.02 Å². The van der Waals surface area contributed by atoms with E-state index < -0.39 is 5.60 Å². The zero-order chi connectivity index (χ0) is 19.8. The fraction of sp³-hybridized carbons (Fsp3) is 0.381. The molecule has 1 aliphatic rings. The highest BCUT2D eigenvalue weighted by Gasteiger charge is 2.35. The number of carbonyl (C=O) groups is 1. The highest BCUT2D eigenvalue weighted by molar-refractivity contribution is 9.10. The Morgan fingerprint density at radius 1 is 1.26 bits per heavy atom. The molecule has 0 N–H and O–H groups in total. The van der Waals surface area contributed by atoms with Gasteiger partial charge in [-0.15, -0.1) is 0 Å². The molecule has 0 aliphatic carbocycles. The van der Waals surface area contributed by atoms with Gasteiger partial charge >= 0.3 is 6.09 Å². The molecule has 0 saturated carbocycles. The quantitative estimate of drug-likeness (QED) is 0.519. The number of methoxy groups -OCH3 is 1. The van der Waals surface area contributed by atoms with Crippen LogP contribution in [0.15, 0.2) is 40.9 Å². The first kappa shape index (κ1) is 20.0. The van der Waals surface area contributed by atoms with E-state index in [-0.39, 0.29) is 12.1 Å². The Morgan fingerprint density at radius 2 is 2.00 bits per heavy atom. The van der Waals surface area contributed by atoms with Gasteiger partial charge in [-0.1, -0.05) is 23.7 Å². The van der Waals surface area contributed by atoms with Crippen LogP contribution in [0.1, 0.15) is 44.4 Å². The van der Waals surface area contributed by atoms with Gasteiger partial charge in [-0.05, 0) is 78.9 Å². The van der Waals surface area contributed by atoms with Gasteiger partial charge in [0.25, 0.3) is 0 Å². The summed E-state index contributed by atoms with van der Waals surface area (Å²) in [5, 5.41) is 0.649. The number of fused-ring (bicyclic) bond motifs is 1. The van der Waals surface area contributed by atoms with Crippen LogP contribution in [0.4, 0.5) is 10.5 Å². The van der Waals surface area contributed by atoms with Crippen LogP contribution in [0.3, 0.4) is 0 Å². The van der Waals surface area contributed by atoms with E-state index in [9.17, 15) is 4.79 Å². The molecule has 0 saturated heterocycles. The number of benzene rings is 2. The number of aryl methyl sites for hydroxylation is 1. The summed E-state index contributed by atoms with van der Waals surface area (Å²) >= 11 is 9.74. The molecule has 0 bridgehead atoms. The zero-order valence-electron chi connectivity index (χ0n) is 15.9. The predicted octanol–water partition coefficient (Wildman–Crippen LogP) is 6.54. The van der Waals surface area contributed by atoms with Crippen LogP contribution in [-0.2, 0) is 11.2 Å². The van der Waals surface area contributed by atoms with E-state index in [1.54, 1.807) is 12.0 Å². The predicted molar refractivity (Wildman–Crippen MR) is 112 cm³/mol. The molecule has 2 aromatic rings. The highest BCUT2D eigenvalue weighted by Crippen LogP contribution is 2.43. The molecule has 144 valence electrons. The number of carbonyl (C=O) groups excluding carboxylic acids is 1. The van der Waals surface area contributed by atoms with E-state index in [0.717, 1.165) is 34.1 Å². The number of anilines is 1. The maximum absolute atomic E-state index is 13.1. The van der Waals surface area contributed by atoms with E-state index in [4.69, 9.17) is 21.1 Å². The van der Waals surface area contributed by atoms with Crippen molar-refractivity contribution in [2.75, 3.05) is 12.0 Å². The lowest BCUT2D eigenvalue weighted by atomic mass is 9.91. The summed E-state index contributed by atoms with van der Waals surface area (Å²) in [7, 11) is 1.61. The van der Waals surface area contributed by atoms with E-state index in [0.29, 0.717) is 10.8 Å². The summed E-state index contributed by atoms with van der Waals surface area (Å²) in [5.41, 5.74) is 2.28. The second kappa shape index (κ2) is 7.72. The molecule has 0 fully saturated rings. The molecule has 1 aliphatic heterocycles. The van der Waals surface area contributed by atoms with Gasteiger partial charge < -0.3 is 9.47 Å². The molecular formula is C21H23BrClNO3. The zero-order valence-corrected chi connectivity index (χ0v) is 18.2. The molecule has 6 heteroatoms. The number of amides is 1. The lowest BCUT2D eigenvalue weighted by molar-refractivity contribution is 0.0560. The number of ether oxygens (including phenoxy) is 2. The van der Waals surface area contributed by atoms with Crippen molar-refractivity contribution in [3.05, 3.63) is 57.0 Å². The number of halogens is 2. The SMILES string of the molecule is COc1cc2c(cc1Br)CCC(c1cccc(Cl)c1)N2C(=O)OC(C)(C)C. The summed E-state index contributed by atoms with van der Waals surface area (Å²) < 4.78 is 12.0. The Labute approximate surface area is 173 Å². The second-order valence-electron chi connectivity index (χ2n) is 7.58. The van der Waals surface area contributed by atoms with Crippen molar-refractivity contribution in [2.24, 2.45) is 0 Å². The van der Waals surface area contributed by atoms with Crippen LogP contribution in [0.25, 0.3) is 0 Å². The van der Waals surface area contributed by atoms with Crippen molar-refractivity contribution in [2.45, 2.75) is 45.3 Å². The number of hydrogen-bond acceptors (Lipinski definition) is 3. The summed E-state index contributed by atoms with van der Waals surface area (Å²) in [6, 6.07) is 11.4. The fourth-order valence-electron chi connectivity index (χ4n) is 3.32. The van der Waals surface area contributed by atoms with Crippen molar-refractivity contribution in [1.82, 2.24) is 0 Å². The van der Waals surface area contributed by atoms with E-state index in [1.807, 2.05) is 57.2 Å². The minimum atomic E-state index is -0.590. The van der Waals surface area contributed by atoms with Gasteiger partial charge in [0.05, 0.1) is 23.3 Å². The molecule has 4 nitrogen and oxygen atoms in total. The summed E-state index contributed by atoms with van der Waals surface area (Å²) in [6.45, 7) is 5.60. The van der Waals surface area contributed by atoms with Crippen LogP contribution >= 0.6 is 27.5 Å². The van der Waals surface area contributed by atoms with E-state index in [1.165, 1.54) is 0 Å². The number of rotatable bonds is 2. The van der Waals surface area contributed by atoms with Crippen LogP contribution in [-0.4, -0.2) is 18.8 Å². The van der Waals surface area contributed by atoms with E-state index >= 15 is 0 Å². The van der Waals surface area contributed by atoms with Gasteiger partial charge in [-0.2, -0.15) is 0 Å². The highest BCUT2D eigenvalue weighted by atomic mass is 79.9. The lowest BCUT2D eigenvalue weighted by Gasteiger charge is -2.38. The molecule has 1 unspecified atom stereocenters. The van der Waals surface area contributed by atoms with Gasteiger partial charge in [0.1, 0.15) is 11.4 Å². The van der Waals surface area contributed by atoms with Crippen LogP contribution in [0, 0.1) is 0 Å². The molecule has 27 heavy (non-hydrogen) atoms. The third-order valence-corrected chi connectivity index (χ3v) is 5.29. The number of nitrogens with zero attached hydrogens (tertiary/aromatic N) is 1. The summed E-state index contributed by atoms with van der Waals surface area (Å²) in [6.07, 6.45) is 1.25. The second-order valence-corrected chi connectivity index (χ2v) is 8.87. The van der Waals surface area contributed by atoms with Gasteiger partial charge in [-0.3, -0.25) is 4.90 Å². The van der Waals surface area contributed by atoms with Crippen molar-refractivity contribution >= 4 is 39.3 Å². The first-order valence-corrected chi connectivity index (χ1v) is 10.0. The number of hydrogen-bond donors (Lipinski definition) is 0. The maximum atomic E-state index is 13.1. The van der Waals surface area contributed by atoms with Gasteiger partial charge in [0.15, 0.2) is 0 Å². The summed E-state index contributed by atoms with van der Waals surface area (Å²) in [4.78, 5) is 14.9. The van der Waals surface area contributed by atoms with Crippen molar-refractivity contribution in [3.8, 4) is 5.75 Å². The minimum absolute atomic E-state index is 0.156. The molecule has 1 amide bonds. The Kier molecular flexibility index (Phi) is 5.73. The normalized spacial score (nSPS) is 16.7. The average molecular weight is 453 g/mol. The first-order chi connectivity index (χ1) is 12.7. The molecule has 3 rings (SSSR count). The first-order valence-electron chi connectivity index (χ1n) is 8.83. The molecule has 2 aromatic carbocycles. The Hall–Kier alpha value is -1.72. The smallest absolute Gasteiger partial charge is 0.415 e. The monoisotopic (exact) mass is 451 g/mol. The molecule has 0 aromatic heterocycles. The standard InChI is InChI=1S/C21H23BrClNO3/c1-21(2,3)27-20(25)24-17(13-6-5-7-15(23)10-13)9-8-14-11-16(22)19(26-4)12-18(14)24/h5-7,10-12,17H,8-9H2,1-4H3. The molecule has 1 atom stereocenters. The topological polar surface area (TPSA) is 38.8 Å². The molecular weight excluding hydrogens is 430 g/mol. The van der Waals surface area contributed by atoms with Crippen molar-refractivity contribution in [3.63, 3.8) is 0 Å². The Balaban J connectivity index is 2.11. The van der Waals surface area contributed by atoms with Gasteiger partial charge in [-0.25, -0.2) is 4.79 Å².